The molecule has 0 radical (unpaired) electrons. The average molecular weight is 214 g/mol. The van der Waals surface area contributed by atoms with Crippen LogP contribution in [0.25, 0.3) is 0 Å². The third kappa shape index (κ3) is 3.32. The second-order valence-corrected chi connectivity index (χ2v) is 2.37. The first kappa shape index (κ1) is 9.85. The lowest BCUT2D eigenvalue weighted by molar-refractivity contribution is -0.0992. The summed E-state index contributed by atoms with van der Waals surface area (Å²) < 4.78 is 40.1. The summed E-state index contributed by atoms with van der Waals surface area (Å²) in [6, 6.07) is 0.534. The molecule has 0 bridgehead atoms. The largest absolute Gasteiger partial charge is 0.488 e. The topological polar surface area (TPSA) is 61.0 Å². The Morgan fingerprint density at radius 2 is 2.08 bits per heavy atom. The Hall–Kier alpha value is -1.24. The number of nitrogens with two attached hydrogens (primary N) is 1. The maximum Gasteiger partial charge on any atom is 0.488 e. The summed E-state index contributed by atoms with van der Waals surface area (Å²) in [5.74, 6) is -2.33. The van der Waals surface area contributed by atoms with Crippen LogP contribution >= 0.6 is 11.6 Å². The molecule has 2 N–H and O–H groups in total. The summed E-state index contributed by atoms with van der Waals surface area (Å²) in [5, 5.41) is 0. The molecule has 0 atom stereocenters. The lowest BCUT2D eigenvalue weighted by Gasteiger charge is -2.08. The van der Waals surface area contributed by atoms with Gasteiger partial charge in [0.05, 0.1) is 6.07 Å². The van der Waals surface area contributed by atoms with Crippen LogP contribution in [0.5, 0.6) is 5.88 Å². The Bertz CT molecular complexity index is 296. The van der Waals surface area contributed by atoms with Crippen LogP contribution in [0.4, 0.5) is 19.1 Å². The van der Waals surface area contributed by atoms with Crippen molar-refractivity contribution in [1.29, 1.82) is 0 Å². The van der Waals surface area contributed by atoms with Crippen LogP contribution in [0.1, 0.15) is 0 Å². The molecule has 0 spiro atoms. The van der Waals surface area contributed by atoms with E-state index in [9.17, 15) is 13.2 Å². The van der Waals surface area contributed by atoms with Gasteiger partial charge in [-0.05, 0) is 0 Å². The summed E-state index contributed by atoms with van der Waals surface area (Å²) in [6.07, 6.45) is 0. The molecule has 0 aliphatic carbocycles. The van der Waals surface area contributed by atoms with Gasteiger partial charge in [0, 0.05) is 11.6 Å². The van der Waals surface area contributed by atoms with Crippen LogP contribution in [0.2, 0.25) is 0 Å². The van der Waals surface area contributed by atoms with E-state index in [2.05, 4.69) is 26.3 Å². The van der Waals surface area contributed by atoms with Gasteiger partial charge in [-0.2, -0.15) is 14.4 Å². The smallest absolute Gasteiger partial charge is 0.402 e. The molecule has 13 heavy (non-hydrogen) atoms. The molecule has 1 aromatic heterocycles. The number of rotatable bonds is 2. The maximum atomic E-state index is 12.4. The molecule has 0 saturated carbocycles. The highest BCUT2D eigenvalue weighted by Crippen LogP contribution is 2.23. The van der Waals surface area contributed by atoms with Crippen molar-refractivity contribution in [2.45, 2.75) is 5.57 Å². The third-order valence-corrected chi connectivity index (χ3v) is 0.986. The molecule has 1 rings (SSSR count). The van der Waals surface area contributed by atoms with E-state index in [-0.39, 0.29) is 0 Å². The summed E-state index contributed by atoms with van der Waals surface area (Å²) in [7, 11) is 0. The molecule has 0 saturated heterocycles. The Morgan fingerprint density at radius 1 is 1.46 bits per heavy atom. The van der Waals surface area contributed by atoms with Gasteiger partial charge in [0.1, 0.15) is 0 Å². The van der Waals surface area contributed by atoms with Crippen molar-refractivity contribution in [3.05, 3.63) is 12.0 Å². The van der Waals surface area contributed by atoms with E-state index >= 15 is 0 Å². The van der Waals surface area contributed by atoms with Gasteiger partial charge in [-0.15, -0.1) is 8.78 Å². The molecule has 0 amide bonds. The molecular weight excluding hydrogens is 211 g/mol. The lowest BCUT2D eigenvalue weighted by atomic mass is 10.6. The van der Waals surface area contributed by atoms with E-state index in [0.717, 1.165) is 0 Å². The van der Waals surface area contributed by atoms with Gasteiger partial charge < -0.3 is 10.5 Å². The monoisotopic (exact) mass is 213 g/mol. The number of hydrogen-bond acceptors (Lipinski definition) is 4. The molecule has 0 aliphatic heterocycles. The zero-order valence-electron chi connectivity index (χ0n) is 5.97. The van der Waals surface area contributed by atoms with Gasteiger partial charge in [0.15, 0.2) is 0 Å². The first-order valence-corrected chi connectivity index (χ1v) is 3.30. The van der Waals surface area contributed by atoms with E-state index in [1.165, 1.54) is 0 Å². The van der Waals surface area contributed by atoms with Crippen molar-refractivity contribution in [2.24, 2.45) is 0 Å². The van der Waals surface area contributed by atoms with E-state index in [0.29, 0.717) is 6.07 Å². The van der Waals surface area contributed by atoms with E-state index in [4.69, 9.17) is 5.73 Å². The molecular formula is C5H3ClF3N3O. The minimum atomic E-state index is -3.95. The second kappa shape index (κ2) is 3.25. The maximum absolute atomic E-state index is 12.4. The van der Waals surface area contributed by atoms with Crippen molar-refractivity contribution in [1.82, 2.24) is 9.97 Å². The zero-order chi connectivity index (χ0) is 10.1. The molecule has 0 aromatic carbocycles. The number of anilines is 1. The summed E-state index contributed by atoms with van der Waals surface area (Å²) in [6.45, 7) is 0. The number of nitrogen functional groups attached to an aromatic ring is 1. The molecule has 4 nitrogen and oxygen atoms in total. The summed E-state index contributed by atoms with van der Waals surface area (Å²) in [5.41, 5.74) is 0.997. The number of hydrogen-bond donors (Lipinski definition) is 1. The molecule has 0 fully saturated rings. The normalized spacial score (nSPS) is 11.4. The van der Waals surface area contributed by atoms with Crippen molar-refractivity contribution in [2.75, 3.05) is 5.73 Å². The van der Waals surface area contributed by atoms with Crippen LogP contribution in [0.3, 0.4) is 0 Å². The van der Waals surface area contributed by atoms with Crippen LogP contribution in [0.15, 0.2) is 6.07 Å². The Morgan fingerprint density at radius 3 is 2.54 bits per heavy atom. The summed E-state index contributed by atoms with van der Waals surface area (Å²) in [4.78, 5) is 6.16. The highest BCUT2D eigenvalue weighted by molar-refractivity contribution is 6.20. The quantitative estimate of drug-likeness (QED) is 0.595. The van der Waals surface area contributed by atoms with Gasteiger partial charge >= 0.3 is 5.57 Å². The van der Waals surface area contributed by atoms with Crippen LogP contribution in [-0.2, 0) is 0 Å². The molecule has 1 aromatic rings. The first-order valence-electron chi connectivity index (χ1n) is 2.92. The SMILES string of the molecule is Nc1nc(F)cc(OC(F)(F)Cl)n1. The van der Waals surface area contributed by atoms with E-state index in [1.807, 2.05) is 0 Å². The minimum Gasteiger partial charge on any atom is -0.402 e. The third-order valence-electron chi connectivity index (χ3n) is 0.909. The molecule has 72 valence electrons. The average Bonchev–Trinajstić information content (AvgIpc) is 1.78. The van der Waals surface area contributed by atoms with Gasteiger partial charge in [-0.3, -0.25) is 0 Å². The standard InChI is InChI=1S/C5H3ClF3N3O/c6-5(8,9)13-3-1-2(7)11-4(10)12-3/h1H,(H2,10,11,12). The highest BCUT2D eigenvalue weighted by Gasteiger charge is 2.28. The molecule has 0 aliphatic rings. The van der Waals surface area contributed by atoms with E-state index in [1.54, 1.807) is 0 Å². The molecule has 0 unspecified atom stereocenters. The fourth-order valence-electron chi connectivity index (χ4n) is 0.585. The molecule has 8 heteroatoms. The van der Waals surface area contributed by atoms with Crippen LogP contribution in [-0.4, -0.2) is 15.5 Å². The first-order chi connectivity index (χ1) is 5.87. The van der Waals surface area contributed by atoms with Gasteiger partial charge in [0.2, 0.25) is 17.8 Å². The van der Waals surface area contributed by atoms with Crippen LogP contribution < -0.4 is 10.5 Å². The predicted molar refractivity (Wildman–Crippen MR) is 37.8 cm³/mol. The summed E-state index contributed by atoms with van der Waals surface area (Å²) >= 11 is 4.39. The fraction of sp³-hybridized carbons (Fsp3) is 0.200. The number of halogens is 4. The van der Waals surface area contributed by atoms with Gasteiger partial charge in [0.25, 0.3) is 0 Å². The van der Waals surface area contributed by atoms with Crippen molar-refractivity contribution in [3.8, 4) is 5.88 Å². The predicted octanol–water partition coefficient (Wildman–Crippen LogP) is 1.37. The van der Waals surface area contributed by atoms with Crippen molar-refractivity contribution in [3.63, 3.8) is 0 Å². The highest BCUT2D eigenvalue weighted by atomic mass is 35.5. The number of nitrogens with zero attached hydrogens (tertiary/aromatic N) is 2. The number of ether oxygens (including phenoxy) is 1. The fourth-order valence-corrected chi connectivity index (χ4v) is 0.664. The Kier molecular flexibility index (Phi) is 2.46. The zero-order valence-corrected chi connectivity index (χ0v) is 6.73. The number of aromatic nitrogens is 2. The number of alkyl halides is 3. The van der Waals surface area contributed by atoms with E-state index < -0.39 is 23.3 Å². The lowest BCUT2D eigenvalue weighted by Crippen LogP contribution is -2.17. The second-order valence-electron chi connectivity index (χ2n) is 1.93. The molecule has 1 heterocycles. The van der Waals surface area contributed by atoms with Crippen molar-refractivity contribution < 1.29 is 17.9 Å². The van der Waals surface area contributed by atoms with Crippen molar-refractivity contribution >= 4 is 17.5 Å². The Balaban J connectivity index is 2.90. The van der Waals surface area contributed by atoms with Gasteiger partial charge in [-0.25, -0.2) is 0 Å². The van der Waals surface area contributed by atoms with Crippen LogP contribution in [0, 0.1) is 5.95 Å². The Labute approximate surface area is 75.5 Å². The van der Waals surface area contributed by atoms with Gasteiger partial charge in [-0.1, -0.05) is 0 Å². The minimum absolute atomic E-state index is 0.518.